The van der Waals surface area contributed by atoms with Crippen molar-refractivity contribution in [3.05, 3.63) is 11.6 Å². The first-order valence-corrected chi connectivity index (χ1v) is 16.5. The fourth-order valence-electron chi connectivity index (χ4n) is 11.7. The number of aliphatic hydroxyl groups excluding tert-OH is 3. The van der Waals surface area contributed by atoms with Gasteiger partial charge in [-0.25, -0.2) is 4.79 Å². The minimum Gasteiger partial charge on any atom is -0.456 e. The average Bonchev–Trinajstić information content (AvgIpc) is 3.71. The minimum absolute atomic E-state index is 0.0118. The number of carbonyl (C=O) groups is 3. The van der Waals surface area contributed by atoms with Crippen LogP contribution >= 0.6 is 0 Å². The van der Waals surface area contributed by atoms with Crippen LogP contribution in [-0.2, 0) is 47.5 Å². The first-order valence-electron chi connectivity index (χ1n) is 16.5. The third-order valence-electron chi connectivity index (χ3n) is 13.9. The molecule has 48 heavy (non-hydrogen) atoms. The number of aldehydes is 1. The van der Waals surface area contributed by atoms with Gasteiger partial charge >= 0.3 is 5.97 Å². The minimum atomic E-state index is -2.33. The highest BCUT2D eigenvalue weighted by atomic mass is 16.8. The Labute approximate surface area is 280 Å². The monoisotopic (exact) mass is 682 g/mol. The van der Waals surface area contributed by atoms with Crippen molar-refractivity contribution >= 4 is 18.0 Å². The second kappa shape index (κ2) is 11.3. The predicted molar refractivity (Wildman–Crippen MR) is 163 cm³/mol. The van der Waals surface area contributed by atoms with Crippen molar-refractivity contribution in [1.29, 1.82) is 0 Å². The number of methoxy groups -OCH3 is 3. The molecule has 270 valence electrons. The highest BCUT2D eigenvalue weighted by molar-refractivity contribution is 5.89. The Morgan fingerprint density at radius 2 is 1.69 bits per heavy atom. The highest BCUT2D eigenvalue weighted by Gasteiger charge is 2.89. The molecule has 0 radical (unpaired) electrons. The van der Waals surface area contributed by atoms with Gasteiger partial charge in [-0.05, 0) is 27.2 Å². The van der Waals surface area contributed by atoms with E-state index in [4.69, 9.17) is 33.2 Å². The second-order valence-electron chi connectivity index (χ2n) is 15.5. The fraction of sp³-hybridized carbons (Fsp3) is 0.853. The van der Waals surface area contributed by atoms with E-state index in [1.807, 2.05) is 6.92 Å². The number of rotatable bonds is 7. The molecule has 17 atom stereocenters. The molecule has 4 N–H and O–H groups in total. The van der Waals surface area contributed by atoms with Gasteiger partial charge in [0.2, 0.25) is 0 Å². The van der Waals surface area contributed by atoms with E-state index < -0.39 is 106 Å². The molecule has 6 aliphatic rings. The smallest absolute Gasteiger partial charge is 0.333 e. The van der Waals surface area contributed by atoms with Crippen LogP contribution in [0, 0.1) is 39.4 Å². The summed E-state index contributed by atoms with van der Waals surface area (Å²) < 4.78 is 41.7. The number of hydrogen-bond donors (Lipinski definition) is 4. The van der Waals surface area contributed by atoms with Gasteiger partial charge in [-0.2, -0.15) is 0 Å². The number of ketones is 1. The summed E-state index contributed by atoms with van der Waals surface area (Å²) in [6.45, 7) is 10.2. The summed E-state index contributed by atoms with van der Waals surface area (Å²) in [5, 5.41) is 48.2. The summed E-state index contributed by atoms with van der Waals surface area (Å²) in [4.78, 5) is 41.8. The third kappa shape index (κ3) is 3.85. The lowest BCUT2D eigenvalue weighted by atomic mass is 9.38. The van der Waals surface area contributed by atoms with Crippen LogP contribution in [0.2, 0.25) is 0 Å². The Bertz CT molecular complexity index is 1380. The second-order valence-corrected chi connectivity index (χ2v) is 15.5. The number of Topliss-reactive ketones (excluding diaryl/α,β-unsaturated/α-hetero) is 1. The molecule has 0 aromatic rings. The van der Waals surface area contributed by atoms with Gasteiger partial charge in [0, 0.05) is 67.3 Å². The third-order valence-corrected chi connectivity index (χ3v) is 13.9. The van der Waals surface area contributed by atoms with E-state index in [1.165, 1.54) is 28.3 Å². The van der Waals surface area contributed by atoms with Crippen molar-refractivity contribution < 1.29 is 68.0 Å². The molecular weight excluding hydrogens is 632 g/mol. The summed E-state index contributed by atoms with van der Waals surface area (Å²) in [6, 6.07) is 0. The molecule has 3 aliphatic carbocycles. The van der Waals surface area contributed by atoms with Gasteiger partial charge in [0.15, 0.2) is 24.5 Å². The van der Waals surface area contributed by atoms with Crippen molar-refractivity contribution in [2.24, 2.45) is 39.4 Å². The summed E-state index contributed by atoms with van der Waals surface area (Å²) in [5.41, 5.74) is -9.92. The maximum absolute atomic E-state index is 14.5. The topological polar surface area (TPSA) is 197 Å². The molecule has 3 aliphatic heterocycles. The maximum Gasteiger partial charge on any atom is 0.333 e. The van der Waals surface area contributed by atoms with Crippen molar-refractivity contribution in [2.75, 3.05) is 27.9 Å². The Kier molecular flexibility index (Phi) is 8.48. The normalized spacial score (nSPS) is 56.0. The Morgan fingerprint density at radius 3 is 2.25 bits per heavy atom. The molecule has 0 unspecified atom stereocenters. The van der Waals surface area contributed by atoms with E-state index in [-0.39, 0.29) is 30.8 Å². The molecule has 3 saturated heterocycles. The van der Waals surface area contributed by atoms with Gasteiger partial charge in [0.25, 0.3) is 0 Å². The van der Waals surface area contributed by atoms with Crippen molar-refractivity contribution in [2.45, 2.75) is 115 Å². The summed E-state index contributed by atoms with van der Waals surface area (Å²) in [5.74, 6) is -4.01. The van der Waals surface area contributed by atoms with Crippen LogP contribution in [0.1, 0.15) is 54.4 Å². The standard InChI is InChI=1S/C34H50O14/c1-10-15(2)25(39)46-24-20-21-29(3,14-45-20)19(42-7)12-17(36)31(21,5)22-26(40)48-34(32(22,24)6)18(37)11-16(30(34,4)13-35)33(41)23(38)27(43-8)47-28(33)44-9/h10,13,16,18-24,26-28,37-38,40-41H,11-12,14H2,1-9H3/b15-10+/t16-,18+,19-,20-,21+,22+,23+,24-,26+,27-,28+,29-,30+,31+,32+,33+,34-/m1/s1. The molecule has 14 nitrogen and oxygen atoms in total. The molecule has 6 fully saturated rings. The van der Waals surface area contributed by atoms with Gasteiger partial charge in [0.05, 0.1) is 30.3 Å². The largest absolute Gasteiger partial charge is 0.456 e. The summed E-state index contributed by atoms with van der Waals surface area (Å²) in [7, 11) is 4.05. The van der Waals surface area contributed by atoms with E-state index in [9.17, 15) is 34.8 Å². The zero-order valence-corrected chi connectivity index (χ0v) is 29.0. The molecule has 6 rings (SSSR count). The average molecular weight is 683 g/mol. The molecule has 0 aromatic carbocycles. The summed E-state index contributed by atoms with van der Waals surface area (Å²) in [6.07, 6.45) is -8.89. The van der Waals surface area contributed by atoms with Gasteiger partial charge in [-0.15, -0.1) is 0 Å². The van der Waals surface area contributed by atoms with Crippen LogP contribution < -0.4 is 0 Å². The van der Waals surface area contributed by atoms with E-state index in [0.29, 0.717) is 6.29 Å². The number of allylic oxidation sites excluding steroid dienone is 1. The van der Waals surface area contributed by atoms with E-state index in [2.05, 4.69) is 0 Å². The van der Waals surface area contributed by atoms with Gasteiger partial charge in [-0.1, -0.05) is 26.8 Å². The summed E-state index contributed by atoms with van der Waals surface area (Å²) >= 11 is 0. The van der Waals surface area contributed by atoms with Gasteiger partial charge < -0.3 is 58.4 Å². The molecule has 0 amide bonds. The van der Waals surface area contributed by atoms with Crippen LogP contribution in [0.3, 0.4) is 0 Å². The SMILES string of the molecule is C/C=C(\C)C(=O)O[C@@H]1[C@@H]2OC[C@]3(C)[C@H](OC)CC(=O)[C@@](C)([C@@H]23)[C@@H]2[C@@H](O)O[C@@]3([C@@H](O)C[C@@H]([C@@]4(O)[C@@H](OC)O[C@@H](OC)[C@@H]4O)[C@]3(C)C=O)[C@]12C. The van der Waals surface area contributed by atoms with Crippen LogP contribution in [0.4, 0.5) is 0 Å². The van der Waals surface area contributed by atoms with Crippen LogP contribution in [0.15, 0.2) is 11.6 Å². The first-order chi connectivity index (χ1) is 22.4. The van der Waals surface area contributed by atoms with Crippen LogP contribution in [0.25, 0.3) is 0 Å². The predicted octanol–water partition coefficient (Wildman–Crippen LogP) is 0.257. The lowest BCUT2D eigenvalue weighted by Gasteiger charge is -2.65. The molecule has 3 heterocycles. The molecule has 0 bridgehead atoms. The van der Waals surface area contributed by atoms with Crippen molar-refractivity contribution in [1.82, 2.24) is 0 Å². The van der Waals surface area contributed by atoms with E-state index >= 15 is 0 Å². The molecule has 3 saturated carbocycles. The van der Waals surface area contributed by atoms with Gasteiger partial charge in [-0.3, -0.25) is 4.79 Å². The molecule has 0 aromatic heterocycles. The van der Waals surface area contributed by atoms with Crippen molar-refractivity contribution in [3.63, 3.8) is 0 Å². The molecule has 14 heteroatoms. The highest BCUT2D eigenvalue weighted by Crippen LogP contribution is 2.77. The number of ether oxygens (including phenoxy) is 7. The lowest BCUT2D eigenvalue weighted by molar-refractivity contribution is -0.271. The van der Waals surface area contributed by atoms with E-state index in [1.54, 1.807) is 33.8 Å². The van der Waals surface area contributed by atoms with Crippen LogP contribution in [-0.4, -0.2) is 127 Å². The number of hydrogen-bond acceptors (Lipinski definition) is 14. The number of esters is 1. The van der Waals surface area contributed by atoms with Crippen molar-refractivity contribution in [3.8, 4) is 0 Å². The number of fused-ring (bicyclic) bond motifs is 3. The number of aliphatic hydroxyl groups is 4. The maximum atomic E-state index is 14.5. The Hall–Kier alpha value is -1.85. The zero-order chi connectivity index (χ0) is 35.6. The Balaban J connectivity index is 1.61. The lowest BCUT2D eigenvalue weighted by Crippen LogP contribution is -2.76. The molecule has 1 spiro atoms. The number of carbonyl (C=O) groups excluding carboxylic acids is 3. The zero-order valence-electron chi connectivity index (χ0n) is 29.0. The van der Waals surface area contributed by atoms with E-state index in [0.717, 1.165) is 0 Å². The first kappa shape index (κ1) is 36.0. The quantitative estimate of drug-likeness (QED) is 0.162. The molecular formula is C34H50O14. The fourth-order valence-corrected chi connectivity index (χ4v) is 11.7. The van der Waals surface area contributed by atoms with Crippen LogP contribution in [0.5, 0.6) is 0 Å². The Morgan fingerprint density at radius 1 is 1.02 bits per heavy atom. The van der Waals surface area contributed by atoms with Gasteiger partial charge in [0.1, 0.15) is 29.9 Å².